The van der Waals surface area contributed by atoms with Crippen molar-refractivity contribution < 1.29 is 9.53 Å². The van der Waals surface area contributed by atoms with Crippen molar-refractivity contribution in [2.75, 3.05) is 27.7 Å². The molecule has 0 aliphatic heterocycles. The minimum absolute atomic E-state index is 0.0153. The average Bonchev–Trinajstić information content (AvgIpc) is 2.94. The minimum atomic E-state index is -0.0153. The van der Waals surface area contributed by atoms with E-state index < -0.39 is 0 Å². The molecule has 0 fully saturated rings. The summed E-state index contributed by atoms with van der Waals surface area (Å²) in [5, 5.41) is 3.02. The van der Waals surface area contributed by atoms with Gasteiger partial charge in [-0.3, -0.25) is 4.79 Å². The Balaban J connectivity index is 2.03. The van der Waals surface area contributed by atoms with Crippen molar-refractivity contribution in [2.24, 2.45) is 0 Å². The summed E-state index contributed by atoms with van der Waals surface area (Å²) in [6.45, 7) is 2.57. The Kier molecular flexibility index (Phi) is 5.57. The molecule has 4 nitrogen and oxygen atoms in total. The number of amides is 1. The molecule has 1 aromatic carbocycles. The van der Waals surface area contributed by atoms with Crippen LogP contribution in [-0.2, 0) is 0 Å². The Morgan fingerprint density at radius 1 is 1.23 bits per heavy atom. The molecule has 1 N–H and O–H groups in total. The molecule has 1 atom stereocenters. The van der Waals surface area contributed by atoms with Crippen molar-refractivity contribution in [3.63, 3.8) is 0 Å². The number of carbonyl (C=O) groups is 1. The zero-order valence-electron chi connectivity index (χ0n) is 13.4. The van der Waals surface area contributed by atoms with Crippen molar-refractivity contribution in [1.82, 2.24) is 10.2 Å². The second kappa shape index (κ2) is 7.42. The number of nitrogens with one attached hydrogen (secondary N) is 1. The third-order valence-electron chi connectivity index (χ3n) is 3.54. The molecule has 0 saturated carbocycles. The minimum Gasteiger partial charge on any atom is -0.497 e. The molecule has 2 rings (SSSR count). The number of rotatable bonds is 6. The van der Waals surface area contributed by atoms with Crippen LogP contribution in [0.1, 0.15) is 26.2 Å². The Hall–Kier alpha value is -1.85. The normalized spacial score (nSPS) is 12.2. The summed E-state index contributed by atoms with van der Waals surface area (Å²) in [4.78, 5) is 16.2. The summed E-state index contributed by atoms with van der Waals surface area (Å²) in [7, 11) is 5.67. The number of benzene rings is 1. The average molecular weight is 318 g/mol. The van der Waals surface area contributed by atoms with E-state index in [0.717, 1.165) is 21.1 Å². The van der Waals surface area contributed by atoms with Gasteiger partial charge in [-0.25, -0.2) is 0 Å². The predicted octanol–water partition coefficient (Wildman–Crippen LogP) is 3.10. The van der Waals surface area contributed by atoms with E-state index in [1.54, 1.807) is 7.11 Å². The lowest BCUT2D eigenvalue weighted by Crippen LogP contribution is -2.34. The van der Waals surface area contributed by atoms with Crippen molar-refractivity contribution in [3.8, 4) is 5.75 Å². The highest BCUT2D eigenvalue weighted by molar-refractivity contribution is 7.13. The molecule has 1 heterocycles. The number of aryl methyl sites for hydroxylation is 1. The maximum Gasteiger partial charge on any atom is 0.261 e. The van der Waals surface area contributed by atoms with Crippen LogP contribution in [0.5, 0.6) is 5.75 Å². The molecule has 0 aliphatic carbocycles. The molecule has 0 aliphatic rings. The van der Waals surface area contributed by atoms with E-state index >= 15 is 0 Å². The Bertz CT molecular complexity index is 620. The number of carbonyl (C=O) groups excluding carboxylic acids is 1. The van der Waals surface area contributed by atoms with Gasteiger partial charge in [0.2, 0.25) is 0 Å². The van der Waals surface area contributed by atoms with Crippen LogP contribution in [0, 0.1) is 6.92 Å². The van der Waals surface area contributed by atoms with Gasteiger partial charge >= 0.3 is 0 Å². The predicted molar refractivity (Wildman–Crippen MR) is 90.8 cm³/mol. The second-order valence-corrected chi connectivity index (χ2v) is 6.66. The van der Waals surface area contributed by atoms with Crippen molar-refractivity contribution in [2.45, 2.75) is 13.0 Å². The first kappa shape index (κ1) is 16.5. The lowest BCUT2D eigenvalue weighted by Gasteiger charge is -2.25. The lowest BCUT2D eigenvalue weighted by atomic mass is 10.1. The van der Waals surface area contributed by atoms with Gasteiger partial charge in [0.25, 0.3) is 5.91 Å². The summed E-state index contributed by atoms with van der Waals surface area (Å²) in [5.74, 6) is 0.817. The fraction of sp³-hybridized carbons (Fsp3) is 0.353. The smallest absolute Gasteiger partial charge is 0.261 e. The van der Waals surface area contributed by atoms with Gasteiger partial charge in [-0.05, 0) is 50.8 Å². The van der Waals surface area contributed by atoms with E-state index in [4.69, 9.17) is 4.74 Å². The van der Waals surface area contributed by atoms with Crippen molar-refractivity contribution in [3.05, 3.63) is 51.7 Å². The van der Waals surface area contributed by atoms with Crippen LogP contribution < -0.4 is 10.1 Å². The van der Waals surface area contributed by atoms with Crippen LogP contribution in [0.15, 0.2) is 36.4 Å². The maximum atomic E-state index is 12.2. The number of methoxy groups -OCH3 is 1. The van der Waals surface area contributed by atoms with Crippen LogP contribution in [0.4, 0.5) is 0 Å². The maximum absolute atomic E-state index is 12.2. The molecule has 1 aromatic heterocycles. The SMILES string of the molecule is COc1ccc(C(CNC(=O)c2ccc(C)s2)N(C)C)cc1. The molecule has 1 unspecified atom stereocenters. The fourth-order valence-electron chi connectivity index (χ4n) is 2.26. The topological polar surface area (TPSA) is 41.6 Å². The van der Waals surface area contributed by atoms with Gasteiger partial charge in [0.1, 0.15) is 5.75 Å². The molecular formula is C17H22N2O2S. The quantitative estimate of drug-likeness (QED) is 0.890. The zero-order valence-corrected chi connectivity index (χ0v) is 14.2. The highest BCUT2D eigenvalue weighted by Crippen LogP contribution is 2.21. The van der Waals surface area contributed by atoms with Crippen molar-refractivity contribution >= 4 is 17.2 Å². The van der Waals surface area contributed by atoms with Crippen LogP contribution in [0.3, 0.4) is 0 Å². The highest BCUT2D eigenvalue weighted by Gasteiger charge is 2.16. The molecule has 0 spiro atoms. The molecule has 118 valence electrons. The number of thiophene rings is 1. The van der Waals surface area contributed by atoms with Crippen molar-refractivity contribution in [1.29, 1.82) is 0 Å². The molecule has 22 heavy (non-hydrogen) atoms. The van der Waals surface area contributed by atoms with Gasteiger partial charge in [0, 0.05) is 11.4 Å². The van der Waals surface area contributed by atoms with E-state index in [1.165, 1.54) is 11.3 Å². The van der Waals surface area contributed by atoms with Crippen LogP contribution in [0.2, 0.25) is 0 Å². The Labute approximate surface area is 135 Å². The molecule has 0 saturated heterocycles. The van der Waals surface area contributed by atoms with Gasteiger partial charge in [0.05, 0.1) is 18.0 Å². The monoisotopic (exact) mass is 318 g/mol. The summed E-state index contributed by atoms with van der Waals surface area (Å²) >= 11 is 1.51. The summed E-state index contributed by atoms with van der Waals surface area (Å²) in [6.07, 6.45) is 0. The van der Waals surface area contributed by atoms with Crippen LogP contribution >= 0.6 is 11.3 Å². The third kappa shape index (κ3) is 4.08. The van der Waals surface area contributed by atoms with Gasteiger partial charge in [-0.2, -0.15) is 0 Å². The molecule has 0 radical (unpaired) electrons. The van der Waals surface area contributed by atoms with E-state index in [9.17, 15) is 4.79 Å². The fourth-order valence-corrected chi connectivity index (χ4v) is 3.04. The van der Waals surface area contributed by atoms with E-state index in [-0.39, 0.29) is 11.9 Å². The number of likely N-dealkylation sites (N-methyl/N-ethyl adjacent to an activating group) is 1. The Morgan fingerprint density at radius 3 is 2.41 bits per heavy atom. The molecule has 2 aromatic rings. The van der Waals surface area contributed by atoms with E-state index in [1.807, 2.05) is 57.4 Å². The first-order valence-electron chi connectivity index (χ1n) is 7.16. The van der Waals surface area contributed by atoms with Crippen LogP contribution in [-0.4, -0.2) is 38.6 Å². The van der Waals surface area contributed by atoms with Gasteiger partial charge < -0.3 is 15.0 Å². The number of nitrogens with zero attached hydrogens (tertiary/aromatic N) is 1. The number of ether oxygens (including phenoxy) is 1. The highest BCUT2D eigenvalue weighted by atomic mass is 32.1. The summed E-state index contributed by atoms with van der Waals surface area (Å²) < 4.78 is 5.19. The second-order valence-electron chi connectivity index (χ2n) is 5.37. The first-order chi connectivity index (χ1) is 10.5. The van der Waals surface area contributed by atoms with Gasteiger partial charge in [-0.15, -0.1) is 11.3 Å². The number of hydrogen-bond acceptors (Lipinski definition) is 4. The number of hydrogen-bond donors (Lipinski definition) is 1. The Morgan fingerprint density at radius 2 is 1.91 bits per heavy atom. The lowest BCUT2D eigenvalue weighted by molar-refractivity contribution is 0.0946. The molecule has 5 heteroatoms. The van der Waals surface area contributed by atoms with Gasteiger partial charge in [-0.1, -0.05) is 12.1 Å². The van der Waals surface area contributed by atoms with E-state index in [0.29, 0.717) is 6.54 Å². The largest absolute Gasteiger partial charge is 0.497 e. The first-order valence-corrected chi connectivity index (χ1v) is 7.98. The third-order valence-corrected chi connectivity index (χ3v) is 4.54. The summed E-state index contributed by atoms with van der Waals surface area (Å²) in [6, 6.07) is 11.9. The molecular weight excluding hydrogens is 296 g/mol. The molecule has 1 amide bonds. The standard InChI is InChI=1S/C17H22N2O2S/c1-12-5-10-16(22-12)17(20)18-11-15(19(2)3)13-6-8-14(21-4)9-7-13/h5-10,15H,11H2,1-4H3,(H,18,20). The zero-order chi connectivity index (χ0) is 16.1. The summed E-state index contributed by atoms with van der Waals surface area (Å²) in [5.41, 5.74) is 1.15. The van der Waals surface area contributed by atoms with Gasteiger partial charge in [0.15, 0.2) is 0 Å². The molecule has 0 bridgehead atoms. The van der Waals surface area contributed by atoms with E-state index in [2.05, 4.69) is 10.2 Å². The van der Waals surface area contributed by atoms with Crippen LogP contribution in [0.25, 0.3) is 0 Å².